The highest BCUT2D eigenvalue weighted by Crippen LogP contribution is 2.21. The second-order valence-corrected chi connectivity index (χ2v) is 2.75. The molecule has 0 saturated carbocycles. The zero-order valence-corrected chi connectivity index (χ0v) is 7.43. The van der Waals surface area contributed by atoms with Crippen molar-refractivity contribution in [1.29, 1.82) is 0 Å². The molecule has 1 aliphatic rings. The van der Waals surface area contributed by atoms with Crippen molar-refractivity contribution < 1.29 is 9.47 Å². The van der Waals surface area contributed by atoms with Gasteiger partial charge < -0.3 is 9.47 Å². The molecule has 2 nitrogen and oxygen atoms in total. The van der Waals surface area contributed by atoms with Crippen LogP contribution in [0.1, 0.15) is 19.8 Å². The second-order valence-electron chi connectivity index (χ2n) is 2.75. The standard InChI is InChI=1S/C10H14O2/c1-4-5-8(2)6-10-9(3)11-7-12-10/h6H,2-5,7H2,1H3/b10-6+. The lowest BCUT2D eigenvalue weighted by Gasteiger charge is -1.98. The lowest BCUT2D eigenvalue weighted by molar-refractivity contribution is 0.0980. The van der Waals surface area contributed by atoms with Crippen molar-refractivity contribution in [3.05, 3.63) is 36.3 Å². The summed E-state index contributed by atoms with van der Waals surface area (Å²) < 4.78 is 10.2. The minimum atomic E-state index is 0.282. The van der Waals surface area contributed by atoms with Gasteiger partial charge in [-0.15, -0.1) is 0 Å². The Bertz CT molecular complexity index is 226. The lowest BCUT2D eigenvalue weighted by Crippen LogP contribution is -1.83. The number of hydrogen-bond acceptors (Lipinski definition) is 2. The van der Waals surface area contributed by atoms with Gasteiger partial charge in [0.15, 0.2) is 11.5 Å². The fraction of sp³-hybridized carbons (Fsp3) is 0.400. The van der Waals surface area contributed by atoms with E-state index in [0.717, 1.165) is 18.4 Å². The van der Waals surface area contributed by atoms with Gasteiger partial charge in [-0.1, -0.05) is 32.1 Å². The molecule has 0 amide bonds. The Balaban J connectivity index is 2.55. The summed E-state index contributed by atoms with van der Waals surface area (Å²) in [6, 6.07) is 0. The summed E-state index contributed by atoms with van der Waals surface area (Å²) in [5.41, 5.74) is 1.05. The Morgan fingerprint density at radius 3 is 2.83 bits per heavy atom. The van der Waals surface area contributed by atoms with Gasteiger partial charge in [-0.05, 0) is 12.5 Å². The van der Waals surface area contributed by atoms with Crippen molar-refractivity contribution in [2.45, 2.75) is 19.8 Å². The maximum absolute atomic E-state index is 5.16. The lowest BCUT2D eigenvalue weighted by atomic mass is 10.1. The molecule has 0 aliphatic carbocycles. The first-order valence-electron chi connectivity index (χ1n) is 4.08. The van der Waals surface area contributed by atoms with Crippen LogP contribution in [-0.2, 0) is 9.47 Å². The first-order chi connectivity index (χ1) is 5.74. The maximum atomic E-state index is 5.16. The maximum Gasteiger partial charge on any atom is 0.231 e. The van der Waals surface area contributed by atoms with Gasteiger partial charge in [-0.2, -0.15) is 0 Å². The first-order valence-corrected chi connectivity index (χ1v) is 4.08. The van der Waals surface area contributed by atoms with Gasteiger partial charge in [0.2, 0.25) is 6.79 Å². The molecule has 66 valence electrons. The van der Waals surface area contributed by atoms with Crippen LogP contribution in [0.15, 0.2) is 36.3 Å². The molecule has 12 heavy (non-hydrogen) atoms. The van der Waals surface area contributed by atoms with Crippen LogP contribution in [0.2, 0.25) is 0 Å². The highest BCUT2D eigenvalue weighted by molar-refractivity contribution is 5.28. The SMILES string of the molecule is C=C(/C=C1/OCOC1=C)CCC. The van der Waals surface area contributed by atoms with Crippen LogP contribution in [0, 0.1) is 0 Å². The molecule has 0 N–H and O–H groups in total. The summed E-state index contributed by atoms with van der Waals surface area (Å²) in [4.78, 5) is 0. The van der Waals surface area contributed by atoms with E-state index in [0.29, 0.717) is 11.5 Å². The summed E-state index contributed by atoms with van der Waals surface area (Å²) in [6.07, 6.45) is 3.97. The molecule has 1 saturated heterocycles. The quantitative estimate of drug-likeness (QED) is 0.641. The molecule has 0 aromatic rings. The van der Waals surface area contributed by atoms with Gasteiger partial charge in [0, 0.05) is 0 Å². The molecule has 1 aliphatic heterocycles. The molecule has 1 heterocycles. The molecule has 1 rings (SSSR count). The van der Waals surface area contributed by atoms with Crippen molar-refractivity contribution in [3.63, 3.8) is 0 Å². The van der Waals surface area contributed by atoms with Gasteiger partial charge >= 0.3 is 0 Å². The van der Waals surface area contributed by atoms with Crippen molar-refractivity contribution in [1.82, 2.24) is 0 Å². The molecule has 0 radical (unpaired) electrons. The van der Waals surface area contributed by atoms with E-state index in [1.165, 1.54) is 0 Å². The normalized spacial score (nSPS) is 19.1. The summed E-state index contributed by atoms with van der Waals surface area (Å²) in [5, 5.41) is 0. The Morgan fingerprint density at radius 2 is 2.33 bits per heavy atom. The number of hydrogen-bond donors (Lipinski definition) is 0. The van der Waals surface area contributed by atoms with Gasteiger partial charge in [-0.3, -0.25) is 0 Å². The summed E-state index contributed by atoms with van der Waals surface area (Å²) in [6.45, 7) is 9.98. The third-order valence-corrected chi connectivity index (χ3v) is 1.63. The van der Waals surface area contributed by atoms with E-state index in [9.17, 15) is 0 Å². The van der Waals surface area contributed by atoms with E-state index in [1.54, 1.807) is 0 Å². The highest BCUT2D eigenvalue weighted by Gasteiger charge is 2.13. The zero-order valence-electron chi connectivity index (χ0n) is 7.43. The van der Waals surface area contributed by atoms with Crippen molar-refractivity contribution in [2.75, 3.05) is 6.79 Å². The summed E-state index contributed by atoms with van der Waals surface area (Å²) in [7, 11) is 0. The van der Waals surface area contributed by atoms with Crippen LogP contribution < -0.4 is 0 Å². The molecule has 1 fully saturated rings. The molecular formula is C10H14O2. The largest absolute Gasteiger partial charge is 0.454 e. The van der Waals surface area contributed by atoms with Crippen LogP contribution in [0.25, 0.3) is 0 Å². The van der Waals surface area contributed by atoms with E-state index in [2.05, 4.69) is 20.1 Å². The monoisotopic (exact) mass is 166 g/mol. The van der Waals surface area contributed by atoms with E-state index in [1.807, 2.05) is 6.08 Å². The fourth-order valence-corrected chi connectivity index (χ4v) is 1.02. The van der Waals surface area contributed by atoms with Gasteiger partial charge in [-0.25, -0.2) is 0 Å². The smallest absolute Gasteiger partial charge is 0.231 e. The molecule has 0 unspecified atom stereocenters. The molecule has 0 aromatic heterocycles. The van der Waals surface area contributed by atoms with Gasteiger partial charge in [0.25, 0.3) is 0 Å². The number of ether oxygens (including phenoxy) is 2. The number of allylic oxidation sites excluding steroid dienone is 2. The van der Waals surface area contributed by atoms with Crippen LogP contribution in [-0.4, -0.2) is 6.79 Å². The minimum absolute atomic E-state index is 0.282. The van der Waals surface area contributed by atoms with Gasteiger partial charge in [0.1, 0.15) is 0 Å². The van der Waals surface area contributed by atoms with Crippen LogP contribution in [0.3, 0.4) is 0 Å². The molecule has 0 bridgehead atoms. The third-order valence-electron chi connectivity index (χ3n) is 1.63. The Kier molecular flexibility index (Phi) is 2.97. The Morgan fingerprint density at radius 1 is 1.58 bits per heavy atom. The summed E-state index contributed by atoms with van der Waals surface area (Å²) >= 11 is 0. The molecule has 0 atom stereocenters. The predicted molar refractivity (Wildman–Crippen MR) is 48.3 cm³/mol. The van der Waals surface area contributed by atoms with E-state index in [4.69, 9.17) is 9.47 Å². The average Bonchev–Trinajstić information content (AvgIpc) is 2.37. The average molecular weight is 166 g/mol. The zero-order chi connectivity index (χ0) is 8.97. The fourth-order valence-electron chi connectivity index (χ4n) is 1.02. The topological polar surface area (TPSA) is 18.5 Å². The molecule has 2 heteroatoms. The highest BCUT2D eigenvalue weighted by atomic mass is 16.7. The minimum Gasteiger partial charge on any atom is -0.454 e. The van der Waals surface area contributed by atoms with Crippen molar-refractivity contribution in [3.8, 4) is 0 Å². The molecule has 0 spiro atoms. The van der Waals surface area contributed by atoms with Crippen LogP contribution in [0.4, 0.5) is 0 Å². The first kappa shape index (κ1) is 8.91. The second kappa shape index (κ2) is 4.00. The van der Waals surface area contributed by atoms with E-state index >= 15 is 0 Å². The van der Waals surface area contributed by atoms with Crippen LogP contribution >= 0.6 is 0 Å². The Labute approximate surface area is 73.2 Å². The Hall–Kier alpha value is -1.18. The predicted octanol–water partition coefficient (Wildman–Crippen LogP) is 2.74. The molecule has 0 aromatic carbocycles. The van der Waals surface area contributed by atoms with Gasteiger partial charge in [0.05, 0.1) is 0 Å². The van der Waals surface area contributed by atoms with Crippen molar-refractivity contribution >= 4 is 0 Å². The molecular weight excluding hydrogens is 152 g/mol. The van der Waals surface area contributed by atoms with E-state index in [-0.39, 0.29) is 6.79 Å². The number of rotatable bonds is 3. The van der Waals surface area contributed by atoms with E-state index < -0.39 is 0 Å². The van der Waals surface area contributed by atoms with Crippen LogP contribution in [0.5, 0.6) is 0 Å². The van der Waals surface area contributed by atoms with Crippen molar-refractivity contribution in [2.24, 2.45) is 0 Å². The summed E-state index contributed by atoms with van der Waals surface area (Å²) in [5.74, 6) is 1.32. The third kappa shape index (κ3) is 2.16.